The van der Waals surface area contributed by atoms with E-state index in [1.165, 1.54) is 5.56 Å². The van der Waals surface area contributed by atoms with Gasteiger partial charge >= 0.3 is 25.0 Å². The van der Waals surface area contributed by atoms with Gasteiger partial charge in [-0.05, 0) is 36.8 Å². The first kappa shape index (κ1) is 30.5. The molecule has 0 saturated carbocycles. The van der Waals surface area contributed by atoms with Gasteiger partial charge in [0.25, 0.3) is 0 Å². The smallest absolute Gasteiger partial charge is 1.00 e. The Labute approximate surface area is 244 Å². The van der Waals surface area contributed by atoms with Crippen molar-refractivity contribution in [2.24, 2.45) is 0 Å². The summed E-state index contributed by atoms with van der Waals surface area (Å²) in [4.78, 5) is 31.9. The molecule has 0 spiro atoms. The van der Waals surface area contributed by atoms with Crippen LogP contribution in [0.4, 0.5) is 0 Å². The number of para-hydroxylation sites is 4. The SMILES string of the molecule is Cc1ccc(-c2nc3ccccc3[nH]2)cc1.O=C=O.OCc1ccc(-c2nc3ccccc3[nH]2)cc1.[AlH3].[H-].[Li+]. The van der Waals surface area contributed by atoms with Crippen LogP contribution in [0, 0.1) is 6.92 Å². The molecule has 6 rings (SSSR count). The normalized spacial score (nSPS) is 9.63. The second-order valence-corrected chi connectivity index (χ2v) is 8.01. The van der Waals surface area contributed by atoms with E-state index >= 15 is 0 Å². The minimum Gasteiger partial charge on any atom is -1.00 e. The van der Waals surface area contributed by atoms with E-state index in [9.17, 15) is 0 Å². The van der Waals surface area contributed by atoms with Crippen molar-refractivity contribution in [1.29, 1.82) is 0 Å². The van der Waals surface area contributed by atoms with Crippen LogP contribution in [0.5, 0.6) is 0 Å². The van der Waals surface area contributed by atoms with Crippen LogP contribution in [-0.2, 0) is 16.2 Å². The summed E-state index contributed by atoms with van der Waals surface area (Å²) in [5.74, 6) is 1.79. The van der Waals surface area contributed by atoms with Crippen LogP contribution in [0.2, 0.25) is 0 Å². The molecule has 4 aromatic carbocycles. The van der Waals surface area contributed by atoms with E-state index in [4.69, 9.17) is 14.7 Å². The Bertz CT molecular complexity index is 1550. The molecule has 0 amide bonds. The van der Waals surface area contributed by atoms with Gasteiger partial charge in [0.05, 0.1) is 28.7 Å². The van der Waals surface area contributed by atoms with Crippen molar-refractivity contribution in [3.8, 4) is 22.8 Å². The number of hydrogen-bond acceptors (Lipinski definition) is 5. The Morgan fingerprint density at radius 1 is 0.711 bits per heavy atom. The first-order chi connectivity index (χ1) is 17.6. The number of hydrogen-bond donors (Lipinski definition) is 3. The zero-order chi connectivity index (χ0) is 25.3. The summed E-state index contributed by atoms with van der Waals surface area (Å²) in [7, 11) is 0. The van der Waals surface area contributed by atoms with Gasteiger partial charge in [-0.3, -0.25) is 0 Å². The van der Waals surface area contributed by atoms with Gasteiger partial charge in [-0.2, -0.15) is 9.59 Å². The molecule has 3 N–H and O–H groups in total. The third kappa shape index (κ3) is 7.65. The Morgan fingerprint density at radius 2 is 1.11 bits per heavy atom. The summed E-state index contributed by atoms with van der Waals surface area (Å²) in [5, 5.41) is 8.99. The van der Waals surface area contributed by atoms with Crippen molar-refractivity contribution in [3.63, 3.8) is 0 Å². The number of nitrogens with zero attached hydrogens (tertiary/aromatic N) is 2. The largest absolute Gasteiger partial charge is 1.00 e. The summed E-state index contributed by atoms with van der Waals surface area (Å²) in [5.41, 5.74) is 8.42. The number of aliphatic hydroxyl groups is 1. The molecule has 0 atom stereocenters. The van der Waals surface area contributed by atoms with Gasteiger partial charge in [0.15, 0.2) is 17.4 Å². The molecule has 0 bridgehead atoms. The average Bonchev–Trinajstić information content (AvgIpc) is 3.55. The Kier molecular flexibility index (Phi) is 12.0. The zero-order valence-corrected chi connectivity index (χ0v) is 20.6. The predicted octanol–water partition coefficient (Wildman–Crippen LogP) is 1.61. The molecule has 0 radical (unpaired) electrons. The van der Waals surface area contributed by atoms with E-state index in [1.54, 1.807) is 0 Å². The fourth-order valence-corrected chi connectivity index (χ4v) is 3.66. The number of nitrogens with one attached hydrogen (secondary N) is 2. The fraction of sp³-hybridized carbons (Fsp3) is 0.0690. The van der Waals surface area contributed by atoms with Crippen molar-refractivity contribution in [1.82, 2.24) is 19.9 Å². The number of H-pyrrole nitrogens is 2. The molecule has 2 heterocycles. The summed E-state index contributed by atoms with van der Waals surface area (Å²) < 4.78 is 0. The Morgan fingerprint density at radius 3 is 1.50 bits per heavy atom. The van der Waals surface area contributed by atoms with Crippen LogP contribution in [0.25, 0.3) is 44.8 Å². The Hall–Kier alpha value is -3.71. The third-order valence-electron chi connectivity index (χ3n) is 5.51. The van der Waals surface area contributed by atoms with Crippen molar-refractivity contribution < 1.29 is 35.0 Å². The van der Waals surface area contributed by atoms with E-state index in [2.05, 4.69) is 51.1 Å². The molecule has 0 unspecified atom stereocenters. The molecule has 7 nitrogen and oxygen atoms in total. The summed E-state index contributed by atoms with van der Waals surface area (Å²) >= 11 is 0. The summed E-state index contributed by atoms with van der Waals surface area (Å²) in [6, 6.07) is 32.1. The minimum atomic E-state index is 0. The van der Waals surface area contributed by atoms with E-state index in [0.717, 1.165) is 50.4 Å². The van der Waals surface area contributed by atoms with E-state index in [1.807, 2.05) is 72.8 Å². The maximum atomic E-state index is 8.99. The van der Waals surface area contributed by atoms with Crippen molar-refractivity contribution in [2.75, 3.05) is 0 Å². The van der Waals surface area contributed by atoms with Crippen molar-refractivity contribution in [2.45, 2.75) is 13.5 Å². The number of aliphatic hydroxyl groups excluding tert-OH is 1. The number of aromatic nitrogens is 4. The van der Waals surface area contributed by atoms with E-state index in [-0.39, 0.29) is 50.4 Å². The number of aromatic amines is 2. The monoisotopic (exact) mass is 514 g/mol. The van der Waals surface area contributed by atoms with Crippen LogP contribution < -0.4 is 18.9 Å². The maximum Gasteiger partial charge on any atom is 1.00 e. The predicted molar refractivity (Wildman–Crippen MR) is 150 cm³/mol. The van der Waals surface area contributed by atoms with E-state index < -0.39 is 0 Å². The molecular weight excluding hydrogens is 486 g/mol. The number of fused-ring (bicyclic) bond motifs is 2. The van der Waals surface area contributed by atoms with Gasteiger partial charge in [0, 0.05) is 11.1 Å². The van der Waals surface area contributed by atoms with Gasteiger partial charge in [0.2, 0.25) is 0 Å². The topological polar surface area (TPSA) is 112 Å². The van der Waals surface area contributed by atoms with Crippen LogP contribution in [0.15, 0.2) is 97.1 Å². The summed E-state index contributed by atoms with van der Waals surface area (Å²) in [6.45, 7) is 2.16. The van der Waals surface area contributed by atoms with Gasteiger partial charge in [0.1, 0.15) is 11.6 Å². The molecule has 9 heteroatoms. The molecule has 0 aliphatic rings. The zero-order valence-electron chi connectivity index (χ0n) is 21.6. The molecule has 38 heavy (non-hydrogen) atoms. The van der Waals surface area contributed by atoms with Crippen molar-refractivity contribution >= 4 is 45.6 Å². The van der Waals surface area contributed by atoms with Crippen LogP contribution in [-0.4, -0.2) is 48.6 Å². The first-order valence-corrected chi connectivity index (χ1v) is 11.3. The van der Waals surface area contributed by atoms with Gasteiger partial charge in [-0.1, -0.05) is 78.4 Å². The molecule has 186 valence electrons. The molecule has 2 aromatic heterocycles. The standard InChI is InChI=1S/C14H12N2O.C14H12N2.CO2.Al.Li.4H/c17-9-10-5-7-11(8-6-10)14-15-12-3-1-2-4-13(12)16-14;1-10-6-8-11(9-7-10)14-15-12-4-2-3-5-13(12)16-14;2-1-3;;;;;;/h1-8,17H,9H2,(H,15,16);2-9H,1H3,(H,15,16);;;;;;;/q;;;;+1;;;;-1. The average molecular weight is 514 g/mol. The molecule has 0 saturated heterocycles. The molecule has 0 aliphatic carbocycles. The van der Waals surface area contributed by atoms with Crippen molar-refractivity contribution in [3.05, 3.63) is 108 Å². The number of carbonyl (C=O) groups excluding carboxylic acids is 2. The summed E-state index contributed by atoms with van der Waals surface area (Å²) in [6.07, 6.45) is 0.250. The van der Waals surface area contributed by atoms with Crippen LogP contribution in [0.3, 0.4) is 0 Å². The van der Waals surface area contributed by atoms with Gasteiger partial charge in [-0.15, -0.1) is 0 Å². The van der Waals surface area contributed by atoms with E-state index in [0.29, 0.717) is 0 Å². The van der Waals surface area contributed by atoms with Crippen LogP contribution in [0.1, 0.15) is 12.6 Å². The second kappa shape index (κ2) is 14.9. The van der Waals surface area contributed by atoms with Crippen LogP contribution >= 0.6 is 0 Å². The quantitative estimate of drug-likeness (QED) is 0.311. The second-order valence-electron chi connectivity index (χ2n) is 8.01. The maximum absolute atomic E-state index is 8.99. The number of imidazole rings is 2. The number of rotatable bonds is 3. The van der Waals surface area contributed by atoms with Gasteiger partial charge in [-0.25, -0.2) is 9.97 Å². The molecule has 0 aliphatic heterocycles. The minimum absolute atomic E-state index is 0. The number of aryl methyl sites for hydroxylation is 1. The Balaban J connectivity index is 0.000000332. The molecule has 6 aromatic rings. The number of benzene rings is 4. The first-order valence-electron chi connectivity index (χ1n) is 11.3. The fourth-order valence-electron chi connectivity index (χ4n) is 3.66. The third-order valence-corrected chi connectivity index (χ3v) is 5.51. The molecular formula is C29H28AlLiN4O3. The molecule has 0 fully saturated rings. The van der Waals surface area contributed by atoms with Gasteiger partial charge < -0.3 is 16.5 Å².